The van der Waals surface area contributed by atoms with Crippen molar-refractivity contribution in [3.8, 4) is 11.5 Å². The number of nitrogens with zero attached hydrogens (tertiary/aromatic N) is 1. The van der Waals surface area contributed by atoms with Gasteiger partial charge in [-0.25, -0.2) is 0 Å². The summed E-state index contributed by atoms with van der Waals surface area (Å²) in [4.78, 5) is 4.91. The van der Waals surface area contributed by atoms with E-state index in [-0.39, 0.29) is 18.0 Å². The number of halogens is 1. The molecule has 0 aromatic heterocycles. The minimum Gasteiger partial charge on any atom is -0.508 e. The predicted octanol–water partition coefficient (Wildman–Crippen LogP) is 4.95. The van der Waals surface area contributed by atoms with E-state index in [0.717, 1.165) is 22.6 Å². The lowest BCUT2D eigenvalue weighted by molar-refractivity contribution is 0.340. The van der Waals surface area contributed by atoms with Gasteiger partial charge in [0.1, 0.15) is 17.7 Å². The highest BCUT2D eigenvalue weighted by atomic mass is 35.5. The summed E-state index contributed by atoms with van der Waals surface area (Å²) >= 11 is 6.15. The molecule has 0 radical (unpaired) electrons. The van der Waals surface area contributed by atoms with Gasteiger partial charge < -0.3 is 9.84 Å². The highest BCUT2D eigenvalue weighted by Gasteiger charge is 2.28. The van der Waals surface area contributed by atoms with E-state index in [1.54, 1.807) is 12.1 Å². The molecular weight excluding hydrogens is 348 g/mol. The van der Waals surface area contributed by atoms with Crippen molar-refractivity contribution in [3.63, 3.8) is 0 Å². The highest BCUT2D eigenvalue weighted by Crippen LogP contribution is 2.33. The molecule has 0 aliphatic carbocycles. The van der Waals surface area contributed by atoms with E-state index in [1.165, 1.54) is 0 Å². The van der Waals surface area contributed by atoms with Gasteiger partial charge in [0.05, 0.1) is 6.61 Å². The van der Waals surface area contributed by atoms with Gasteiger partial charge in [0.15, 0.2) is 0 Å². The smallest absolute Gasteiger partial charge is 0.120 e. The van der Waals surface area contributed by atoms with Crippen molar-refractivity contribution >= 4 is 17.3 Å². The molecule has 0 saturated carbocycles. The van der Waals surface area contributed by atoms with Crippen molar-refractivity contribution in [2.75, 3.05) is 6.61 Å². The second-order valence-corrected chi connectivity index (χ2v) is 7.28. The van der Waals surface area contributed by atoms with E-state index in [1.807, 2.05) is 37.3 Å². The quantitative estimate of drug-likeness (QED) is 0.780. The molecule has 2 aromatic rings. The first-order valence-corrected chi connectivity index (χ1v) is 9.40. The second-order valence-electron chi connectivity index (χ2n) is 6.85. The third-order valence-electron chi connectivity index (χ3n) is 4.56. The third-order valence-corrected chi connectivity index (χ3v) is 4.79. The highest BCUT2D eigenvalue weighted by molar-refractivity contribution is 6.30. The minimum absolute atomic E-state index is 0.0197. The minimum atomic E-state index is -0.0415. The number of aromatic hydroxyl groups is 1. The van der Waals surface area contributed by atoms with Crippen molar-refractivity contribution in [2.45, 2.75) is 39.4 Å². The van der Waals surface area contributed by atoms with Gasteiger partial charge in [-0.2, -0.15) is 0 Å². The lowest BCUT2D eigenvalue weighted by atomic mass is 9.93. The van der Waals surface area contributed by atoms with Crippen molar-refractivity contribution in [1.29, 1.82) is 0 Å². The molecule has 4 nitrogen and oxygen atoms in total. The Balaban J connectivity index is 1.92. The second kappa shape index (κ2) is 8.11. The molecule has 0 fully saturated rings. The summed E-state index contributed by atoms with van der Waals surface area (Å²) in [6.07, 6.45) is 0.666. The summed E-state index contributed by atoms with van der Waals surface area (Å²) < 4.78 is 5.53. The van der Waals surface area contributed by atoms with Gasteiger partial charge in [-0.05, 0) is 60.9 Å². The van der Waals surface area contributed by atoms with Crippen molar-refractivity contribution in [3.05, 3.63) is 58.6 Å². The van der Waals surface area contributed by atoms with Gasteiger partial charge in [0.25, 0.3) is 0 Å². The molecule has 1 heterocycles. The van der Waals surface area contributed by atoms with Crippen LogP contribution in [-0.2, 0) is 0 Å². The van der Waals surface area contributed by atoms with Crippen LogP contribution in [0.5, 0.6) is 11.5 Å². The molecule has 0 bridgehead atoms. The number of ether oxygens (including phenoxy) is 1. The topological polar surface area (TPSA) is 53.8 Å². The fraction of sp³-hybridized carbons (Fsp3) is 0.381. The Hall–Kier alpha value is -2.04. The summed E-state index contributed by atoms with van der Waals surface area (Å²) in [5.41, 5.74) is 2.91. The molecule has 3 rings (SSSR count). The van der Waals surface area contributed by atoms with Gasteiger partial charge in [0, 0.05) is 28.8 Å². The van der Waals surface area contributed by atoms with E-state index >= 15 is 0 Å². The van der Waals surface area contributed by atoms with Crippen LogP contribution >= 0.6 is 11.6 Å². The maximum atomic E-state index is 10.3. The maximum Gasteiger partial charge on any atom is 0.120 e. The SMILES string of the molecule is CCOc1ccc(C2=NC(C(C)C)NC(c3cc(Cl)ccc3O)C2)cc1. The van der Waals surface area contributed by atoms with Gasteiger partial charge in [-0.15, -0.1) is 0 Å². The number of nitrogens with one attached hydrogen (secondary N) is 1. The van der Waals surface area contributed by atoms with E-state index in [2.05, 4.69) is 19.2 Å². The number of aliphatic imine (C=N–C) groups is 1. The summed E-state index contributed by atoms with van der Waals surface area (Å²) in [5.74, 6) is 1.44. The van der Waals surface area contributed by atoms with E-state index < -0.39 is 0 Å². The molecule has 2 aromatic carbocycles. The van der Waals surface area contributed by atoms with Crippen LogP contribution in [0.1, 0.15) is 44.4 Å². The normalized spacial score (nSPS) is 20.1. The fourth-order valence-corrected chi connectivity index (χ4v) is 3.35. The number of phenolic OH excluding ortho intramolecular Hbond substituents is 1. The first kappa shape index (κ1) is 18.7. The standard InChI is InChI=1S/C21H25ClN2O2/c1-4-26-16-8-5-14(6-9-16)18-12-19(24-21(23-18)13(2)3)17-11-15(22)7-10-20(17)25/h5-11,13,19,21,24-25H,4,12H2,1-3H3. The molecule has 2 atom stereocenters. The Morgan fingerprint density at radius 1 is 1.23 bits per heavy atom. The van der Waals surface area contributed by atoms with Crippen molar-refractivity contribution < 1.29 is 9.84 Å². The van der Waals surface area contributed by atoms with Crippen LogP contribution in [0.15, 0.2) is 47.5 Å². The number of hydrogen-bond acceptors (Lipinski definition) is 4. The Morgan fingerprint density at radius 2 is 1.96 bits per heavy atom. The average Bonchev–Trinajstić information content (AvgIpc) is 2.64. The molecule has 0 saturated heterocycles. The molecule has 2 unspecified atom stereocenters. The molecule has 26 heavy (non-hydrogen) atoms. The molecule has 138 valence electrons. The third kappa shape index (κ3) is 4.19. The first-order chi connectivity index (χ1) is 12.5. The predicted molar refractivity (Wildman–Crippen MR) is 106 cm³/mol. The molecule has 1 aliphatic rings. The molecule has 5 heteroatoms. The lowest BCUT2D eigenvalue weighted by Gasteiger charge is -2.32. The van der Waals surface area contributed by atoms with Crippen LogP contribution < -0.4 is 10.1 Å². The number of benzene rings is 2. The van der Waals surface area contributed by atoms with Gasteiger partial charge in [0.2, 0.25) is 0 Å². The zero-order chi connectivity index (χ0) is 18.7. The van der Waals surface area contributed by atoms with Crippen LogP contribution in [0.4, 0.5) is 0 Å². The lowest BCUT2D eigenvalue weighted by Crippen LogP contribution is -2.41. The zero-order valence-corrected chi connectivity index (χ0v) is 16.1. The summed E-state index contributed by atoms with van der Waals surface area (Å²) in [5, 5.41) is 14.5. The number of phenols is 1. The van der Waals surface area contributed by atoms with Crippen LogP contribution in [0, 0.1) is 5.92 Å². The van der Waals surface area contributed by atoms with Crippen LogP contribution in [0.3, 0.4) is 0 Å². The Labute approximate surface area is 159 Å². The Morgan fingerprint density at radius 3 is 2.62 bits per heavy atom. The largest absolute Gasteiger partial charge is 0.508 e. The van der Waals surface area contributed by atoms with Gasteiger partial charge >= 0.3 is 0 Å². The maximum absolute atomic E-state index is 10.3. The monoisotopic (exact) mass is 372 g/mol. The van der Waals surface area contributed by atoms with Gasteiger partial charge in [-0.1, -0.05) is 25.4 Å². The van der Waals surface area contributed by atoms with Crippen LogP contribution in [0.2, 0.25) is 5.02 Å². The summed E-state index contributed by atoms with van der Waals surface area (Å²) in [6.45, 7) is 6.89. The Kier molecular flexibility index (Phi) is 5.84. The molecule has 2 N–H and O–H groups in total. The van der Waals surface area contributed by atoms with Crippen LogP contribution in [-0.4, -0.2) is 23.6 Å². The molecule has 0 amide bonds. The number of rotatable bonds is 5. The zero-order valence-electron chi connectivity index (χ0n) is 15.4. The molecular formula is C21H25ClN2O2. The number of hydrogen-bond donors (Lipinski definition) is 2. The Bertz CT molecular complexity index is 787. The van der Waals surface area contributed by atoms with Crippen molar-refractivity contribution in [1.82, 2.24) is 5.32 Å². The summed E-state index contributed by atoms with van der Waals surface area (Å²) in [6, 6.07) is 13.2. The average molecular weight is 373 g/mol. The molecule has 1 aliphatic heterocycles. The summed E-state index contributed by atoms with van der Waals surface area (Å²) in [7, 11) is 0. The van der Waals surface area contributed by atoms with Crippen LogP contribution in [0.25, 0.3) is 0 Å². The van der Waals surface area contributed by atoms with E-state index in [9.17, 15) is 5.11 Å². The molecule has 0 spiro atoms. The van der Waals surface area contributed by atoms with Gasteiger partial charge in [-0.3, -0.25) is 10.3 Å². The first-order valence-electron chi connectivity index (χ1n) is 9.02. The van der Waals surface area contributed by atoms with Crippen molar-refractivity contribution in [2.24, 2.45) is 10.9 Å². The van der Waals surface area contributed by atoms with E-state index in [0.29, 0.717) is 24.0 Å². The van der Waals surface area contributed by atoms with E-state index in [4.69, 9.17) is 21.3 Å². The fourth-order valence-electron chi connectivity index (χ4n) is 3.16.